The van der Waals surface area contributed by atoms with E-state index >= 15 is 0 Å². The Morgan fingerprint density at radius 1 is 1.41 bits per heavy atom. The molecule has 112 valence electrons. The van der Waals surface area contributed by atoms with Crippen LogP contribution in [0, 0.1) is 6.92 Å². The Morgan fingerprint density at radius 2 is 2.32 bits per heavy atom. The topological polar surface area (TPSA) is 46.3 Å². The van der Waals surface area contributed by atoms with Crippen LogP contribution in [-0.2, 0) is 0 Å². The second-order valence-electron chi connectivity index (χ2n) is 5.64. The second kappa shape index (κ2) is 5.25. The third kappa shape index (κ3) is 2.22. The van der Waals surface area contributed by atoms with E-state index in [1.165, 1.54) is 0 Å². The Hall–Kier alpha value is -2.14. The van der Waals surface area contributed by atoms with Gasteiger partial charge in [-0.15, -0.1) is 11.3 Å². The molecule has 1 saturated heterocycles. The van der Waals surface area contributed by atoms with Gasteiger partial charge in [-0.25, -0.2) is 4.98 Å². The number of aryl methyl sites for hydroxylation is 1. The first-order valence-electron chi connectivity index (χ1n) is 7.43. The van der Waals surface area contributed by atoms with Crippen molar-refractivity contribution in [2.45, 2.75) is 25.8 Å². The standard InChI is InChI=1S/C17H16N2O2S/c1-11-9-13-10-12(4-5-15(13)21-11)17(20)19-7-2-3-14(19)16-18-6-8-22-16/h4-6,8-10,14H,2-3,7H2,1H3. The molecule has 3 heterocycles. The number of likely N-dealkylation sites (tertiary alicyclic amines) is 1. The molecule has 5 heteroatoms. The number of furan rings is 1. The predicted molar refractivity (Wildman–Crippen MR) is 86.1 cm³/mol. The lowest BCUT2D eigenvalue weighted by Crippen LogP contribution is -2.30. The third-order valence-corrected chi connectivity index (χ3v) is 5.01. The van der Waals surface area contributed by atoms with Crippen molar-refractivity contribution in [2.24, 2.45) is 0 Å². The first kappa shape index (κ1) is 13.5. The Labute approximate surface area is 132 Å². The molecule has 0 aliphatic carbocycles. The van der Waals surface area contributed by atoms with E-state index in [4.69, 9.17) is 4.42 Å². The number of hydrogen-bond acceptors (Lipinski definition) is 4. The van der Waals surface area contributed by atoms with Gasteiger partial charge in [0.25, 0.3) is 5.91 Å². The van der Waals surface area contributed by atoms with Crippen molar-refractivity contribution >= 4 is 28.2 Å². The highest BCUT2D eigenvalue weighted by Gasteiger charge is 2.32. The number of nitrogens with zero attached hydrogens (tertiary/aromatic N) is 2. The number of rotatable bonds is 2. The summed E-state index contributed by atoms with van der Waals surface area (Å²) in [5.74, 6) is 0.944. The molecule has 1 fully saturated rings. The van der Waals surface area contributed by atoms with Crippen molar-refractivity contribution < 1.29 is 9.21 Å². The van der Waals surface area contributed by atoms with Gasteiger partial charge < -0.3 is 9.32 Å². The van der Waals surface area contributed by atoms with Crippen LogP contribution < -0.4 is 0 Å². The minimum absolute atomic E-state index is 0.0819. The molecule has 22 heavy (non-hydrogen) atoms. The summed E-state index contributed by atoms with van der Waals surface area (Å²) in [5.41, 5.74) is 1.55. The smallest absolute Gasteiger partial charge is 0.254 e. The first-order chi connectivity index (χ1) is 10.7. The molecule has 1 atom stereocenters. The number of carbonyl (C=O) groups excluding carboxylic acids is 1. The normalized spacial score (nSPS) is 18.2. The van der Waals surface area contributed by atoms with Crippen molar-refractivity contribution in [2.75, 3.05) is 6.54 Å². The van der Waals surface area contributed by atoms with Gasteiger partial charge in [-0.05, 0) is 44.0 Å². The molecule has 2 aromatic heterocycles. The van der Waals surface area contributed by atoms with Crippen LogP contribution in [0.15, 0.2) is 40.3 Å². The van der Waals surface area contributed by atoms with Crippen LogP contribution in [0.25, 0.3) is 11.0 Å². The Morgan fingerprint density at radius 3 is 3.14 bits per heavy atom. The second-order valence-corrected chi connectivity index (χ2v) is 6.56. The molecule has 1 aromatic carbocycles. The van der Waals surface area contributed by atoms with E-state index in [0.29, 0.717) is 0 Å². The average Bonchev–Trinajstić information content (AvgIpc) is 3.24. The summed E-state index contributed by atoms with van der Waals surface area (Å²) in [4.78, 5) is 19.2. The van der Waals surface area contributed by atoms with Gasteiger partial charge in [0, 0.05) is 29.1 Å². The maximum absolute atomic E-state index is 12.9. The van der Waals surface area contributed by atoms with Crippen LogP contribution in [-0.4, -0.2) is 22.3 Å². The summed E-state index contributed by atoms with van der Waals surface area (Å²) in [5, 5.41) is 3.98. The highest BCUT2D eigenvalue weighted by molar-refractivity contribution is 7.09. The Balaban J connectivity index is 1.67. The van der Waals surface area contributed by atoms with Crippen molar-refractivity contribution in [1.29, 1.82) is 0 Å². The number of fused-ring (bicyclic) bond motifs is 1. The molecule has 1 aliphatic rings. The van der Waals surface area contributed by atoms with E-state index in [9.17, 15) is 4.79 Å². The molecule has 0 spiro atoms. The number of aromatic nitrogens is 1. The minimum Gasteiger partial charge on any atom is -0.461 e. The SMILES string of the molecule is Cc1cc2cc(C(=O)N3CCCC3c3nccs3)ccc2o1. The van der Waals surface area contributed by atoms with Gasteiger partial charge in [0.2, 0.25) is 0 Å². The third-order valence-electron chi connectivity index (χ3n) is 4.14. The zero-order chi connectivity index (χ0) is 15.1. The van der Waals surface area contributed by atoms with Gasteiger partial charge in [-0.1, -0.05) is 0 Å². The van der Waals surface area contributed by atoms with Crippen LogP contribution in [0.1, 0.15) is 40.0 Å². The molecule has 4 rings (SSSR count). The molecule has 0 bridgehead atoms. The molecule has 0 saturated carbocycles. The van der Waals surface area contributed by atoms with E-state index in [0.717, 1.165) is 46.7 Å². The van der Waals surface area contributed by atoms with Crippen LogP contribution in [0.3, 0.4) is 0 Å². The molecule has 4 nitrogen and oxygen atoms in total. The summed E-state index contributed by atoms with van der Waals surface area (Å²) in [6, 6.07) is 7.74. The molecule has 0 radical (unpaired) electrons. The summed E-state index contributed by atoms with van der Waals surface area (Å²) >= 11 is 1.62. The molecule has 3 aromatic rings. The van der Waals surface area contributed by atoms with Gasteiger partial charge >= 0.3 is 0 Å². The van der Waals surface area contributed by atoms with Gasteiger partial charge in [0.05, 0.1) is 6.04 Å². The van der Waals surface area contributed by atoms with E-state index in [1.54, 1.807) is 17.5 Å². The minimum atomic E-state index is 0.0819. The quantitative estimate of drug-likeness (QED) is 0.713. The monoisotopic (exact) mass is 312 g/mol. The average molecular weight is 312 g/mol. The van der Waals surface area contributed by atoms with Gasteiger partial charge in [-0.2, -0.15) is 0 Å². The maximum Gasteiger partial charge on any atom is 0.254 e. The van der Waals surface area contributed by atoms with Gasteiger partial charge in [0.1, 0.15) is 16.4 Å². The Bertz CT molecular complexity index is 822. The van der Waals surface area contributed by atoms with Crippen molar-refractivity contribution in [3.8, 4) is 0 Å². The lowest BCUT2D eigenvalue weighted by atomic mass is 10.1. The Kier molecular flexibility index (Phi) is 3.22. The highest BCUT2D eigenvalue weighted by atomic mass is 32.1. The molecule has 1 amide bonds. The zero-order valence-corrected chi connectivity index (χ0v) is 13.1. The summed E-state index contributed by atoms with van der Waals surface area (Å²) in [6.07, 6.45) is 3.83. The summed E-state index contributed by atoms with van der Waals surface area (Å²) < 4.78 is 5.57. The van der Waals surface area contributed by atoms with Crippen molar-refractivity contribution in [3.63, 3.8) is 0 Å². The zero-order valence-electron chi connectivity index (χ0n) is 12.3. The van der Waals surface area contributed by atoms with E-state index in [1.807, 2.05) is 41.5 Å². The number of benzene rings is 1. The number of thiazole rings is 1. The maximum atomic E-state index is 12.9. The fourth-order valence-electron chi connectivity index (χ4n) is 3.14. The van der Waals surface area contributed by atoms with Gasteiger partial charge in [-0.3, -0.25) is 4.79 Å². The predicted octanol–water partition coefficient (Wildman–Crippen LogP) is 4.18. The first-order valence-corrected chi connectivity index (χ1v) is 8.31. The molecular formula is C17H16N2O2S. The molecule has 1 aliphatic heterocycles. The number of hydrogen-bond donors (Lipinski definition) is 0. The van der Waals surface area contributed by atoms with Crippen LogP contribution in [0.2, 0.25) is 0 Å². The summed E-state index contributed by atoms with van der Waals surface area (Å²) in [7, 11) is 0. The van der Waals surface area contributed by atoms with Crippen molar-refractivity contribution in [3.05, 3.63) is 52.2 Å². The number of carbonyl (C=O) groups is 1. The number of amides is 1. The van der Waals surface area contributed by atoms with E-state index in [2.05, 4.69) is 4.98 Å². The fraction of sp³-hybridized carbons (Fsp3) is 0.294. The van der Waals surface area contributed by atoms with Gasteiger partial charge in [0.15, 0.2) is 0 Å². The highest BCUT2D eigenvalue weighted by Crippen LogP contribution is 2.34. The molecular weight excluding hydrogens is 296 g/mol. The van der Waals surface area contributed by atoms with E-state index in [-0.39, 0.29) is 11.9 Å². The van der Waals surface area contributed by atoms with E-state index < -0.39 is 0 Å². The molecule has 0 N–H and O–H groups in total. The largest absolute Gasteiger partial charge is 0.461 e. The fourth-order valence-corrected chi connectivity index (χ4v) is 3.93. The molecule has 1 unspecified atom stereocenters. The lowest BCUT2D eigenvalue weighted by molar-refractivity contribution is 0.0735. The summed E-state index contributed by atoms with van der Waals surface area (Å²) in [6.45, 7) is 2.71. The lowest BCUT2D eigenvalue weighted by Gasteiger charge is -2.23. The van der Waals surface area contributed by atoms with Crippen molar-refractivity contribution in [1.82, 2.24) is 9.88 Å². The van der Waals surface area contributed by atoms with Crippen LogP contribution >= 0.6 is 11.3 Å². The van der Waals surface area contributed by atoms with Crippen LogP contribution in [0.4, 0.5) is 0 Å². The van der Waals surface area contributed by atoms with Crippen LogP contribution in [0.5, 0.6) is 0 Å².